The first-order valence-electron chi connectivity index (χ1n) is 14.6. The van der Waals surface area contributed by atoms with E-state index in [0.717, 1.165) is 50.2 Å². The van der Waals surface area contributed by atoms with E-state index in [1.165, 1.54) is 18.6 Å². The molecule has 2 aromatic carbocycles. The molecule has 2 atom stereocenters. The van der Waals surface area contributed by atoms with Gasteiger partial charge in [0, 0.05) is 48.7 Å². The Hall–Kier alpha value is -3.13. The molecule has 0 radical (unpaired) electrons. The molecule has 0 unspecified atom stereocenters. The van der Waals surface area contributed by atoms with Crippen molar-refractivity contribution in [1.82, 2.24) is 15.5 Å². The molecule has 216 valence electrons. The molecule has 4 rings (SSSR count). The second kappa shape index (κ2) is 14.0. The minimum atomic E-state index is -0.638. The lowest BCUT2D eigenvalue weighted by Crippen LogP contribution is -2.48. The number of likely N-dealkylation sites (tertiary alicyclic amines) is 1. The van der Waals surface area contributed by atoms with Crippen molar-refractivity contribution in [1.29, 1.82) is 0 Å². The summed E-state index contributed by atoms with van der Waals surface area (Å²) in [5.74, 6) is -1.36. The van der Waals surface area contributed by atoms with Crippen LogP contribution in [-0.4, -0.2) is 48.2 Å². The van der Waals surface area contributed by atoms with Gasteiger partial charge in [-0.15, -0.1) is 0 Å². The Balaban J connectivity index is 1.36. The zero-order valence-corrected chi connectivity index (χ0v) is 23.6. The lowest BCUT2D eigenvalue weighted by Gasteiger charge is -2.33. The van der Waals surface area contributed by atoms with Crippen LogP contribution in [0.1, 0.15) is 86.2 Å². The number of ketones is 1. The second-order valence-electron chi connectivity index (χ2n) is 11.5. The summed E-state index contributed by atoms with van der Waals surface area (Å²) in [5, 5.41) is 6.04. The lowest BCUT2D eigenvalue weighted by molar-refractivity contribution is -0.131. The summed E-state index contributed by atoms with van der Waals surface area (Å²) in [4.78, 5) is 41.0. The van der Waals surface area contributed by atoms with E-state index in [0.29, 0.717) is 24.2 Å². The highest BCUT2D eigenvalue weighted by Gasteiger charge is 2.32. The fourth-order valence-corrected chi connectivity index (χ4v) is 5.96. The van der Waals surface area contributed by atoms with Crippen LogP contribution in [0.3, 0.4) is 0 Å². The van der Waals surface area contributed by atoms with Gasteiger partial charge in [0.1, 0.15) is 11.6 Å². The highest BCUT2D eigenvalue weighted by molar-refractivity contribution is 5.98. The molecule has 1 aliphatic heterocycles. The van der Waals surface area contributed by atoms with Gasteiger partial charge in [0.25, 0.3) is 5.91 Å². The number of benzene rings is 2. The zero-order chi connectivity index (χ0) is 28.6. The topological polar surface area (TPSA) is 78.5 Å². The molecule has 0 spiro atoms. The average Bonchev–Trinajstić information content (AvgIpc) is 2.97. The number of nitrogens with zero attached hydrogens (tertiary/aromatic N) is 1. The maximum Gasteiger partial charge on any atom is 0.251 e. The number of rotatable bonds is 10. The van der Waals surface area contributed by atoms with Crippen LogP contribution in [0.4, 0.5) is 8.78 Å². The van der Waals surface area contributed by atoms with Crippen molar-refractivity contribution in [2.45, 2.75) is 77.3 Å². The van der Waals surface area contributed by atoms with E-state index in [1.54, 1.807) is 11.0 Å². The average molecular weight is 554 g/mol. The standard InChI is InChI=1S/C32H41F2N3O3/c1-21(2)31(39)30(22-8-4-3-5-9-22)36-32(40)24-11-6-10-23(16-24)26-12-7-15-37(20-26)29(38)19-35-18-25-13-14-27(33)17-28(25)34/h6,10-11,13-14,16-17,21-22,26,30,35H,3-5,7-9,12,15,18-20H2,1-2H3,(H,36,40)/t26-,30+/m0/s1. The third-order valence-corrected chi connectivity index (χ3v) is 8.28. The van der Waals surface area contributed by atoms with Gasteiger partial charge in [-0.25, -0.2) is 8.78 Å². The summed E-state index contributed by atoms with van der Waals surface area (Å²) < 4.78 is 27.0. The molecule has 2 aliphatic rings. The summed E-state index contributed by atoms with van der Waals surface area (Å²) in [6, 6.07) is 10.5. The van der Waals surface area contributed by atoms with Crippen LogP contribution in [0.25, 0.3) is 0 Å². The van der Waals surface area contributed by atoms with E-state index in [-0.39, 0.29) is 48.4 Å². The van der Waals surface area contributed by atoms with Gasteiger partial charge >= 0.3 is 0 Å². The third-order valence-electron chi connectivity index (χ3n) is 8.28. The minimum absolute atomic E-state index is 0.0540. The molecule has 2 aromatic rings. The number of Topliss-reactive ketones (excluding diaryl/α,β-unsaturated/α-hetero) is 1. The number of piperidine rings is 1. The molecule has 0 bridgehead atoms. The van der Waals surface area contributed by atoms with Crippen molar-refractivity contribution in [2.75, 3.05) is 19.6 Å². The van der Waals surface area contributed by atoms with Crippen LogP contribution in [-0.2, 0) is 16.1 Å². The Morgan fingerprint density at radius 2 is 1.75 bits per heavy atom. The molecule has 2 fully saturated rings. The van der Waals surface area contributed by atoms with Crippen LogP contribution in [0.2, 0.25) is 0 Å². The van der Waals surface area contributed by atoms with Crippen LogP contribution in [0.5, 0.6) is 0 Å². The number of hydrogen-bond acceptors (Lipinski definition) is 4. The van der Waals surface area contributed by atoms with Gasteiger partial charge in [-0.1, -0.05) is 51.3 Å². The van der Waals surface area contributed by atoms with Gasteiger partial charge in [-0.3, -0.25) is 14.4 Å². The number of hydrogen-bond donors (Lipinski definition) is 2. The van der Waals surface area contributed by atoms with Crippen molar-refractivity contribution in [3.63, 3.8) is 0 Å². The first-order valence-corrected chi connectivity index (χ1v) is 14.6. The van der Waals surface area contributed by atoms with E-state index in [1.807, 2.05) is 32.0 Å². The molecule has 1 aliphatic carbocycles. The predicted molar refractivity (Wildman–Crippen MR) is 151 cm³/mol. The minimum Gasteiger partial charge on any atom is -0.342 e. The van der Waals surface area contributed by atoms with Gasteiger partial charge in [-0.05, 0) is 55.4 Å². The second-order valence-corrected chi connectivity index (χ2v) is 11.5. The number of carbonyl (C=O) groups is 3. The molecule has 0 aromatic heterocycles. The number of amides is 2. The molecule has 1 heterocycles. The number of nitrogens with one attached hydrogen (secondary N) is 2. The van der Waals surface area contributed by atoms with Crippen LogP contribution in [0, 0.1) is 23.5 Å². The van der Waals surface area contributed by atoms with Crippen molar-refractivity contribution >= 4 is 17.6 Å². The summed E-state index contributed by atoms with van der Waals surface area (Å²) in [6.07, 6.45) is 7.03. The van der Waals surface area contributed by atoms with Gasteiger partial charge in [0.05, 0.1) is 12.6 Å². The Morgan fingerprint density at radius 1 is 0.975 bits per heavy atom. The van der Waals surface area contributed by atoms with E-state index < -0.39 is 17.7 Å². The van der Waals surface area contributed by atoms with Crippen molar-refractivity contribution < 1.29 is 23.2 Å². The van der Waals surface area contributed by atoms with Crippen molar-refractivity contribution in [3.05, 3.63) is 70.8 Å². The fraction of sp³-hybridized carbons (Fsp3) is 0.531. The number of carbonyl (C=O) groups excluding carboxylic acids is 3. The predicted octanol–water partition coefficient (Wildman–Crippen LogP) is 5.36. The lowest BCUT2D eigenvalue weighted by atomic mass is 9.80. The highest BCUT2D eigenvalue weighted by atomic mass is 19.1. The summed E-state index contributed by atoms with van der Waals surface area (Å²) in [6.45, 7) is 5.14. The van der Waals surface area contributed by atoms with Gasteiger partial charge in [-0.2, -0.15) is 0 Å². The van der Waals surface area contributed by atoms with Crippen LogP contribution in [0.15, 0.2) is 42.5 Å². The molecular formula is C32H41F2N3O3. The van der Waals surface area contributed by atoms with Crippen molar-refractivity contribution in [3.8, 4) is 0 Å². The zero-order valence-electron chi connectivity index (χ0n) is 23.6. The maximum absolute atomic E-state index is 13.9. The molecule has 1 saturated heterocycles. The SMILES string of the molecule is CC(C)C(=O)[C@H](NC(=O)c1cccc([C@H]2CCCN(C(=O)CNCc3ccc(F)cc3F)C2)c1)C1CCCCC1. The molecule has 8 heteroatoms. The molecule has 1 saturated carbocycles. The molecule has 2 amide bonds. The highest BCUT2D eigenvalue weighted by Crippen LogP contribution is 2.30. The molecule has 40 heavy (non-hydrogen) atoms. The van der Waals surface area contributed by atoms with E-state index in [2.05, 4.69) is 10.6 Å². The first-order chi connectivity index (χ1) is 19.2. The Morgan fingerprint density at radius 3 is 2.48 bits per heavy atom. The fourth-order valence-electron chi connectivity index (χ4n) is 5.96. The summed E-state index contributed by atoms with van der Waals surface area (Å²) in [5.41, 5.74) is 1.83. The normalized spacial score (nSPS) is 18.9. The van der Waals surface area contributed by atoms with E-state index in [9.17, 15) is 23.2 Å². The van der Waals surface area contributed by atoms with Crippen LogP contribution < -0.4 is 10.6 Å². The summed E-state index contributed by atoms with van der Waals surface area (Å²) >= 11 is 0. The smallest absolute Gasteiger partial charge is 0.251 e. The Bertz CT molecular complexity index is 1200. The van der Waals surface area contributed by atoms with E-state index >= 15 is 0 Å². The van der Waals surface area contributed by atoms with Crippen molar-refractivity contribution in [2.24, 2.45) is 11.8 Å². The van der Waals surface area contributed by atoms with Gasteiger partial charge < -0.3 is 15.5 Å². The van der Waals surface area contributed by atoms with Gasteiger partial charge in [0.15, 0.2) is 5.78 Å². The van der Waals surface area contributed by atoms with Gasteiger partial charge in [0.2, 0.25) is 5.91 Å². The molecule has 2 N–H and O–H groups in total. The third kappa shape index (κ3) is 7.74. The molecule has 6 nitrogen and oxygen atoms in total. The Labute approximate surface area is 235 Å². The summed E-state index contributed by atoms with van der Waals surface area (Å²) in [7, 11) is 0. The number of halogens is 2. The Kier molecular flexibility index (Phi) is 10.4. The van der Waals surface area contributed by atoms with Crippen LogP contribution >= 0.6 is 0 Å². The maximum atomic E-state index is 13.9. The largest absolute Gasteiger partial charge is 0.342 e. The molecular weight excluding hydrogens is 512 g/mol. The first kappa shape index (κ1) is 29.8. The monoisotopic (exact) mass is 553 g/mol. The van der Waals surface area contributed by atoms with E-state index in [4.69, 9.17) is 0 Å². The quantitative estimate of drug-likeness (QED) is 0.415.